The van der Waals surface area contributed by atoms with Crippen LogP contribution in [0.25, 0.3) is 10.8 Å². The first-order valence-electron chi connectivity index (χ1n) is 10.2. The summed E-state index contributed by atoms with van der Waals surface area (Å²) in [5, 5.41) is 5.02. The maximum Gasteiger partial charge on any atom is 0.261 e. The molecule has 1 aliphatic rings. The van der Waals surface area contributed by atoms with Crippen molar-refractivity contribution in [3.63, 3.8) is 0 Å². The molecule has 5 rings (SSSR count). The molecule has 2 unspecified atom stereocenters. The molecule has 1 aliphatic carbocycles. The number of carbonyl (C=O) groups is 1. The molecule has 8 heteroatoms. The van der Waals surface area contributed by atoms with Gasteiger partial charge in [-0.2, -0.15) is 0 Å². The molecular weight excluding hydrogens is 424 g/mol. The average Bonchev–Trinajstić information content (AvgIpc) is 3.61. The van der Waals surface area contributed by atoms with Crippen LogP contribution < -0.4 is 10.0 Å². The van der Waals surface area contributed by atoms with Crippen LogP contribution in [0.3, 0.4) is 0 Å². The number of fused-ring (bicyclic) bond motifs is 1. The van der Waals surface area contributed by atoms with Gasteiger partial charge in [0.15, 0.2) is 0 Å². The lowest BCUT2D eigenvalue weighted by Crippen LogP contribution is -2.14. The van der Waals surface area contributed by atoms with Gasteiger partial charge in [-0.15, -0.1) is 0 Å². The number of anilines is 2. The quantitative estimate of drug-likeness (QED) is 0.447. The van der Waals surface area contributed by atoms with E-state index in [9.17, 15) is 13.2 Å². The summed E-state index contributed by atoms with van der Waals surface area (Å²) in [5.41, 5.74) is 2.11. The van der Waals surface area contributed by atoms with Crippen molar-refractivity contribution >= 4 is 38.1 Å². The minimum atomic E-state index is -3.70. The Bertz CT molecular complexity index is 1400. The normalized spacial score (nSPS) is 17.6. The summed E-state index contributed by atoms with van der Waals surface area (Å²) in [6.45, 7) is 0. The zero-order chi connectivity index (χ0) is 22.1. The minimum absolute atomic E-state index is 0. The lowest BCUT2D eigenvalue weighted by atomic mass is 10.1. The first-order chi connectivity index (χ1) is 15.5. The molecule has 0 bridgehead atoms. The molecule has 1 fully saturated rings. The molecule has 4 aromatic rings. The third-order valence-corrected chi connectivity index (χ3v) is 6.96. The van der Waals surface area contributed by atoms with Crippen LogP contribution in [-0.2, 0) is 14.8 Å². The summed E-state index contributed by atoms with van der Waals surface area (Å²) in [6, 6.07) is 17.6. The van der Waals surface area contributed by atoms with Gasteiger partial charge in [-0.05, 0) is 65.8 Å². The highest BCUT2D eigenvalue weighted by atomic mass is 32.2. The number of nitrogens with zero attached hydrogens (tertiary/aromatic N) is 2. The molecule has 1 saturated carbocycles. The van der Waals surface area contributed by atoms with Crippen LogP contribution in [0, 0.1) is 5.92 Å². The van der Waals surface area contributed by atoms with Gasteiger partial charge in [-0.3, -0.25) is 19.5 Å². The lowest BCUT2D eigenvalue weighted by Gasteiger charge is -2.09. The number of amides is 1. The average molecular weight is 449 g/mol. The van der Waals surface area contributed by atoms with Crippen molar-refractivity contribution in [3.8, 4) is 0 Å². The second-order valence-corrected chi connectivity index (χ2v) is 9.47. The van der Waals surface area contributed by atoms with Gasteiger partial charge in [0.25, 0.3) is 10.0 Å². The van der Waals surface area contributed by atoms with Crippen molar-refractivity contribution in [2.45, 2.75) is 17.2 Å². The summed E-state index contributed by atoms with van der Waals surface area (Å²) in [5.74, 6) is -0.0693. The van der Waals surface area contributed by atoms with Crippen LogP contribution in [0.15, 0.2) is 90.3 Å². The molecular formula is C24H24N4O3S. The lowest BCUT2D eigenvalue weighted by molar-refractivity contribution is -0.117. The van der Waals surface area contributed by atoms with Crippen LogP contribution in [0.4, 0.5) is 11.4 Å². The Morgan fingerprint density at radius 2 is 1.72 bits per heavy atom. The summed E-state index contributed by atoms with van der Waals surface area (Å²) in [7, 11) is -3.70. The van der Waals surface area contributed by atoms with Crippen molar-refractivity contribution in [2.24, 2.45) is 5.92 Å². The van der Waals surface area contributed by atoms with E-state index in [2.05, 4.69) is 20.0 Å². The third-order valence-electron chi connectivity index (χ3n) is 5.57. The van der Waals surface area contributed by atoms with E-state index >= 15 is 0 Å². The summed E-state index contributed by atoms with van der Waals surface area (Å²) < 4.78 is 27.6. The van der Waals surface area contributed by atoms with E-state index in [0.29, 0.717) is 5.69 Å². The minimum Gasteiger partial charge on any atom is -0.326 e. The van der Waals surface area contributed by atoms with Gasteiger partial charge in [-0.1, -0.05) is 18.2 Å². The SMILES string of the molecule is O=C(Nc1ccc2cnccc2c1)C1CC1c1ccc(S(=O)(=O)Nc2cccnc2)cc1.[HH].[HH]. The highest BCUT2D eigenvalue weighted by Crippen LogP contribution is 2.48. The Balaban J connectivity index is 0.00000162. The fourth-order valence-corrected chi connectivity index (χ4v) is 4.82. The van der Waals surface area contributed by atoms with Crippen LogP contribution in [-0.4, -0.2) is 24.3 Å². The Morgan fingerprint density at radius 3 is 2.50 bits per heavy atom. The van der Waals surface area contributed by atoms with E-state index in [0.717, 1.165) is 28.4 Å². The molecule has 0 saturated heterocycles. The predicted molar refractivity (Wildman–Crippen MR) is 127 cm³/mol. The standard InChI is InChI=1S/C24H20N4O3S.2H2/c29-24(27-19-6-3-18-14-26-11-9-17(18)12-19)23-13-22(23)16-4-7-21(8-5-16)32(30,31)28-20-2-1-10-25-15-20;;/h1-12,14-15,22-23,28H,13H2,(H,27,29);2*1H. The van der Waals surface area contributed by atoms with Gasteiger partial charge in [0.1, 0.15) is 0 Å². The number of sulfonamides is 1. The number of carbonyl (C=O) groups excluding carboxylic acids is 1. The molecule has 2 aromatic heterocycles. The molecule has 32 heavy (non-hydrogen) atoms. The van der Waals surface area contributed by atoms with Crippen LogP contribution in [0.1, 0.15) is 20.8 Å². The highest BCUT2D eigenvalue weighted by Gasteiger charge is 2.44. The summed E-state index contributed by atoms with van der Waals surface area (Å²) >= 11 is 0. The fraction of sp³-hybridized carbons (Fsp3) is 0.125. The first-order valence-corrected chi connectivity index (χ1v) is 11.7. The molecule has 164 valence electrons. The second-order valence-electron chi connectivity index (χ2n) is 7.79. The van der Waals surface area contributed by atoms with Crippen molar-refractivity contribution in [1.82, 2.24) is 9.97 Å². The molecule has 1 amide bonds. The number of pyridine rings is 2. The largest absolute Gasteiger partial charge is 0.326 e. The van der Waals surface area contributed by atoms with Crippen LogP contribution in [0.2, 0.25) is 0 Å². The molecule has 0 radical (unpaired) electrons. The molecule has 7 nitrogen and oxygen atoms in total. The number of hydrogen-bond donors (Lipinski definition) is 2. The Morgan fingerprint density at radius 1 is 0.906 bits per heavy atom. The first kappa shape index (κ1) is 20.1. The van der Waals surface area contributed by atoms with E-state index in [4.69, 9.17) is 0 Å². The Hall–Kier alpha value is -3.78. The second kappa shape index (κ2) is 8.05. The maximum absolute atomic E-state index is 12.7. The van der Waals surface area contributed by atoms with Gasteiger partial charge in [-0.25, -0.2) is 8.42 Å². The highest BCUT2D eigenvalue weighted by molar-refractivity contribution is 7.92. The van der Waals surface area contributed by atoms with E-state index < -0.39 is 10.0 Å². The number of hydrogen-bond acceptors (Lipinski definition) is 5. The molecule has 0 spiro atoms. The predicted octanol–water partition coefficient (Wildman–Crippen LogP) is 4.66. The maximum atomic E-state index is 12.7. The van der Waals surface area contributed by atoms with E-state index in [1.165, 1.54) is 6.20 Å². The van der Waals surface area contributed by atoms with Crippen molar-refractivity contribution < 1.29 is 16.1 Å². The Kier molecular flexibility index (Phi) is 5.07. The van der Waals surface area contributed by atoms with Gasteiger partial charge in [0, 0.05) is 38.4 Å². The smallest absolute Gasteiger partial charge is 0.261 e. The van der Waals surface area contributed by atoms with Gasteiger partial charge < -0.3 is 5.32 Å². The van der Waals surface area contributed by atoms with Gasteiger partial charge >= 0.3 is 0 Å². The third kappa shape index (κ3) is 4.17. The monoisotopic (exact) mass is 448 g/mol. The van der Waals surface area contributed by atoms with E-state index in [-0.39, 0.29) is 25.5 Å². The topological polar surface area (TPSA) is 101 Å². The number of nitrogens with one attached hydrogen (secondary N) is 2. The molecule has 2 aromatic carbocycles. The zero-order valence-electron chi connectivity index (χ0n) is 17.0. The summed E-state index contributed by atoms with van der Waals surface area (Å²) in [6.07, 6.45) is 7.27. The van der Waals surface area contributed by atoms with Crippen LogP contribution in [0.5, 0.6) is 0 Å². The van der Waals surface area contributed by atoms with Crippen molar-refractivity contribution in [2.75, 3.05) is 10.0 Å². The van der Waals surface area contributed by atoms with Gasteiger partial charge in [0.05, 0.1) is 16.8 Å². The zero-order valence-corrected chi connectivity index (χ0v) is 17.8. The number of rotatable bonds is 6. The number of aromatic nitrogens is 2. The van der Waals surface area contributed by atoms with Crippen molar-refractivity contribution in [3.05, 3.63) is 91.0 Å². The molecule has 2 N–H and O–H groups in total. The van der Waals surface area contributed by atoms with E-state index in [1.807, 2.05) is 24.3 Å². The fourth-order valence-electron chi connectivity index (χ4n) is 3.78. The van der Waals surface area contributed by atoms with Gasteiger partial charge in [0.2, 0.25) is 5.91 Å². The molecule has 2 heterocycles. The molecule has 2 atom stereocenters. The van der Waals surface area contributed by atoms with Crippen molar-refractivity contribution in [1.29, 1.82) is 0 Å². The summed E-state index contributed by atoms with van der Waals surface area (Å²) in [4.78, 5) is 20.9. The van der Waals surface area contributed by atoms with E-state index in [1.54, 1.807) is 55.0 Å². The Labute approximate surface area is 188 Å². The molecule has 0 aliphatic heterocycles. The van der Waals surface area contributed by atoms with Crippen LogP contribution >= 0.6 is 0 Å². The number of benzene rings is 2.